The largest absolute Gasteiger partial charge is 0.465 e. The number of urea groups is 1. The molecule has 1 saturated heterocycles. The molecule has 1 N–H and O–H groups in total. The van der Waals surface area contributed by atoms with Gasteiger partial charge in [-0.05, 0) is 45.0 Å². The minimum absolute atomic E-state index is 0.0156. The number of rotatable bonds is 2. The number of carbonyl (C=O) groups is 2. The summed E-state index contributed by atoms with van der Waals surface area (Å²) in [5, 5.41) is 2.99. The van der Waals surface area contributed by atoms with E-state index in [2.05, 4.69) is 10.2 Å². The van der Waals surface area contributed by atoms with Gasteiger partial charge in [-0.2, -0.15) is 0 Å². The topological polar surface area (TPSA) is 61.9 Å². The van der Waals surface area contributed by atoms with Gasteiger partial charge in [-0.1, -0.05) is 0 Å². The van der Waals surface area contributed by atoms with Crippen LogP contribution in [-0.4, -0.2) is 55.7 Å². The zero-order valence-electron chi connectivity index (χ0n) is 14.3. The van der Waals surface area contributed by atoms with Crippen LogP contribution in [0.25, 0.3) is 0 Å². The standard InChI is InChI=1S/C17H25N3O3/c1-17(2,3)18-16(22)20-11-9-19(10-12-20)14-7-5-13(6-8-14)15(21)23-4/h5-8H,9-12H2,1-4H3,(H,18,22). The third kappa shape index (κ3) is 4.61. The number of piperazine rings is 1. The third-order valence-corrected chi connectivity index (χ3v) is 3.70. The van der Waals surface area contributed by atoms with Gasteiger partial charge >= 0.3 is 12.0 Å². The van der Waals surface area contributed by atoms with Crippen molar-refractivity contribution < 1.29 is 14.3 Å². The molecule has 23 heavy (non-hydrogen) atoms. The van der Waals surface area contributed by atoms with Crippen LogP contribution in [0.15, 0.2) is 24.3 Å². The molecule has 1 fully saturated rings. The lowest BCUT2D eigenvalue weighted by molar-refractivity contribution is 0.0600. The van der Waals surface area contributed by atoms with Gasteiger partial charge in [0, 0.05) is 37.4 Å². The molecule has 1 aromatic rings. The van der Waals surface area contributed by atoms with Crippen molar-refractivity contribution in [2.75, 3.05) is 38.2 Å². The van der Waals surface area contributed by atoms with E-state index >= 15 is 0 Å². The number of amides is 2. The van der Waals surface area contributed by atoms with Gasteiger partial charge in [0.2, 0.25) is 0 Å². The highest BCUT2D eigenvalue weighted by Crippen LogP contribution is 2.18. The molecule has 0 aliphatic carbocycles. The lowest BCUT2D eigenvalue weighted by atomic mass is 10.1. The summed E-state index contributed by atoms with van der Waals surface area (Å²) < 4.78 is 4.70. The van der Waals surface area contributed by atoms with Crippen molar-refractivity contribution in [3.05, 3.63) is 29.8 Å². The molecule has 2 rings (SSSR count). The van der Waals surface area contributed by atoms with E-state index in [0.717, 1.165) is 18.8 Å². The smallest absolute Gasteiger partial charge is 0.337 e. The van der Waals surface area contributed by atoms with Gasteiger partial charge < -0.3 is 19.9 Å². The first kappa shape index (κ1) is 17.1. The van der Waals surface area contributed by atoms with E-state index < -0.39 is 0 Å². The fraction of sp³-hybridized carbons (Fsp3) is 0.529. The summed E-state index contributed by atoms with van der Waals surface area (Å²) >= 11 is 0. The average molecular weight is 319 g/mol. The van der Waals surface area contributed by atoms with Gasteiger partial charge in [0.05, 0.1) is 12.7 Å². The first-order chi connectivity index (χ1) is 10.8. The second kappa shape index (κ2) is 6.89. The summed E-state index contributed by atoms with van der Waals surface area (Å²) in [6.07, 6.45) is 0. The molecular weight excluding hydrogens is 294 g/mol. The molecule has 0 atom stereocenters. The SMILES string of the molecule is COC(=O)c1ccc(N2CCN(C(=O)NC(C)(C)C)CC2)cc1. The van der Waals surface area contributed by atoms with Crippen LogP contribution in [0.3, 0.4) is 0 Å². The molecule has 126 valence electrons. The molecule has 0 aromatic heterocycles. The van der Waals surface area contributed by atoms with Gasteiger partial charge in [0.15, 0.2) is 0 Å². The molecule has 0 spiro atoms. The van der Waals surface area contributed by atoms with Crippen molar-refractivity contribution in [2.24, 2.45) is 0 Å². The zero-order valence-corrected chi connectivity index (χ0v) is 14.3. The summed E-state index contributed by atoms with van der Waals surface area (Å²) in [6, 6.07) is 7.34. The maximum atomic E-state index is 12.2. The molecule has 1 aromatic carbocycles. The second-order valence-corrected chi connectivity index (χ2v) is 6.69. The summed E-state index contributed by atoms with van der Waals surface area (Å²) in [6.45, 7) is 8.84. The Kier molecular flexibility index (Phi) is 5.13. The molecule has 6 nitrogen and oxygen atoms in total. The van der Waals surface area contributed by atoms with Crippen molar-refractivity contribution in [2.45, 2.75) is 26.3 Å². The van der Waals surface area contributed by atoms with E-state index in [0.29, 0.717) is 18.7 Å². The molecular formula is C17H25N3O3. The predicted octanol–water partition coefficient (Wildman–Crippen LogP) is 2.10. The van der Waals surface area contributed by atoms with E-state index in [-0.39, 0.29) is 17.5 Å². The third-order valence-electron chi connectivity index (χ3n) is 3.70. The molecule has 1 aliphatic heterocycles. The molecule has 1 heterocycles. The van der Waals surface area contributed by atoms with Gasteiger partial charge in [0.1, 0.15) is 0 Å². The molecule has 0 radical (unpaired) electrons. The highest BCUT2D eigenvalue weighted by Gasteiger charge is 2.24. The highest BCUT2D eigenvalue weighted by molar-refractivity contribution is 5.89. The Labute approximate surface area is 137 Å². The van der Waals surface area contributed by atoms with E-state index in [1.165, 1.54) is 7.11 Å². The number of carbonyl (C=O) groups excluding carboxylic acids is 2. The number of nitrogens with zero attached hydrogens (tertiary/aromatic N) is 2. The molecule has 0 bridgehead atoms. The lowest BCUT2D eigenvalue weighted by Crippen LogP contribution is -2.55. The van der Waals surface area contributed by atoms with Crippen molar-refractivity contribution in [1.29, 1.82) is 0 Å². The van der Waals surface area contributed by atoms with E-state index in [1.54, 1.807) is 12.1 Å². The van der Waals surface area contributed by atoms with E-state index in [4.69, 9.17) is 4.74 Å². The number of anilines is 1. The molecule has 2 amide bonds. The zero-order chi connectivity index (χ0) is 17.0. The minimum atomic E-state index is -0.333. The van der Waals surface area contributed by atoms with Gasteiger partial charge in [-0.25, -0.2) is 9.59 Å². The van der Waals surface area contributed by atoms with Crippen LogP contribution < -0.4 is 10.2 Å². The average Bonchev–Trinajstić information content (AvgIpc) is 2.53. The molecule has 6 heteroatoms. The number of hydrogen-bond donors (Lipinski definition) is 1. The summed E-state index contributed by atoms with van der Waals surface area (Å²) in [7, 11) is 1.37. The summed E-state index contributed by atoms with van der Waals surface area (Å²) in [5.41, 5.74) is 1.37. The maximum absolute atomic E-state index is 12.2. The van der Waals surface area contributed by atoms with Crippen molar-refractivity contribution in [1.82, 2.24) is 10.2 Å². The van der Waals surface area contributed by atoms with Crippen LogP contribution in [0.1, 0.15) is 31.1 Å². The Morgan fingerprint density at radius 1 is 1.04 bits per heavy atom. The predicted molar refractivity (Wildman–Crippen MR) is 89.9 cm³/mol. The fourth-order valence-corrected chi connectivity index (χ4v) is 2.49. The van der Waals surface area contributed by atoms with Crippen LogP contribution in [0.2, 0.25) is 0 Å². The number of esters is 1. The van der Waals surface area contributed by atoms with Gasteiger partial charge in [-0.3, -0.25) is 0 Å². The Bertz CT molecular complexity index is 555. The summed E-state index contributed by atoms with van der Waals surface area (Å²) in [4.78, 5) is 27.6. The highest BCUT2D eigenvalue weighted by atomic mass is 16.5. The Morgan fingerprint density at radius 2 is 1.61 bits per heavy atom. The molecule has 0 saturated carbocycles. The van der Waals surface area contributed by atoms with Gasteiger partial charge in [-0.15, -0.1) is 0 Å². The Morgan fingerprint density at radius 3 is 2.09 bits per heavy atom. The number of benzene rings is 1. The van der Waals surface area contributed by atoms with Crippen molar-refractivity contribution >= 4 is 17.7 Å². The fourth-order valence-electron chi connectivity index (χ4n) is 2.49. The van der Waals surface area contributed by atoms with Crippen LogP contribution in [0.4, 0.5) is 10.5 Å². The van der Waals surface area contributed by atoms with Crippen LogP contribution in [0, 0.1) is 0 Å². The number of ether oxygens (including phenoxy) is 1. The quantitative estimate of drug-likeness (QED) is 0.848. The number of methoxy groups -OCH3 is 1. The second-order valence-electron chi connectivity index (χ2n) is 6.69. The minimum Gasteiger partial charge on any atom is -0.465 e. The lowest BCUT2D eigenvalue weighted by Gasteiger charge is -2.37. The normalized spacial score (nSPS) is 15.3. The van der Waals surface area contributed by atoms with Gasteiger partial charge in [0.25, 0.3) is 0 Å². The Hall–Kier alpha value is -2.24. The van der Waals surface area contributed by atoms with Crippen LogP contribution >= 0.6 is 0 Å². The maximum Gasteiger partial charge on any atom is 0.337 e. The first-order valence-electron chi connectivity index (χ1n) is 7.80. The Balaban J connectivity index is 1.91. The van der Waals surface area contributed by atoms with E-state index in [1.807, 2.05) is 37.8 Å². The van der Waals surface area contributed by atoms with Crippen molar-refractivity contribution in [3.8, 4) is 0 Å². The summed E-state index contributed by atoms with van der Waals surface area (Å²) in [5.74, 6) is -0.333. The molecule has 1 aliphatic rings. The van der Waals surface area contributed by atoms with Crippen LogP contribution in [-0.2, 0) is 4.74 Å². The molecule has 0 unspecified atom stereocenters. The van der Waals surface area contributed by atoms with Crippen molar-refractivity contribution in [3.63, 3.8) is 0 Å². The number of nitrogens with one attached hydrogen (secondary N) is 1. The number of hydrogen-bond acceptors (Lipinski definition) is 4. The first-order valence-corrected chi connectivity index (χ1v) is 7.80. The van der Waals surface area contributed by atoms with Crippen LogP contribution in [0.5, 0.6) is 0 Å². The van der Waals surface area contributed by atoms with E-state index in [9.17, 15) is 9.59 Å². The monoisotopic (exact) mass is 319 g/mol.